The molecule has 3 rings (SSSR count). The van der Waals surface area contributed by atoms with Crippen LogP contribution in [0.5, 0.6) is 11.5 Å². The van der Waals surface area contributed by atoms with Gasteiger partial charge in [-0.25, -0.2) is 16.8 Å². The quantitative estimate of drug-likeness (QED) is 0.397. The zero-order valence-electron chi connectivity index (χ0n) is 21.1. The molecule has 0 atom stereocenters. The van der Waals surface area contributed by atoms with Gasteiger partial charge in [-0.2, -0.15) is 0 Å². The largest absolute Gasteiger partial charge is 0.497 e. The van der Waals surface area contributed by atoms with Crippen LogP contribution in [0.25, 0.3) is 0 Å². The molecule has 0 aliphatic rings. The molecule has 3 aromatic carbocycles. The maximum absolute atomic E-state index is 12.8. The minimum Gasteiger partial charge on any atom is -0.497 e. The van der Waals surface area contributed by atoms with E-state index in [1.807, 2.05) is 26.0 Å². The maximum Gasteiger partial charge on any atom is 0.261 e. The summed E-state index contributed by atoms with van der Waals surface area (Å²) in [5, 5.41) is 2.59. The van der Waals surface area contributed by atoms with Crippen molar-refractivity contribution < 1.29 is 31.1 Å². The number of sulfonamides is 2. The van der Waals surface area contributed by atoms with Crippen molar-refractivity contribution in [3.05, 3.63) is 71.8 Å². The summed E-state index contributed by atoms with van der Waals surface area (Å²) in [6.07, 6.45) is 0.974. The third-order valence-corrected chi connectivity index (χ3v) is 7.92. The smallest absolute Gasteiger partial charge is 0.261 e. The van der Waals surface area contributed by atoms with Gasteiger partial charge in [0.15, 0.2) is 0 Å². The molecule has 3 aromatic rings. The molecule has 0 fully saturated rings. The molecule has 0 spiro atoms. The van der Waals surface area contributed by atoms with Gasteiger partial charge in [-0.3, -0.25) is 13.8 Å². The fourth-order valence-corrected chi connectivity index (χ4v) is 5.54. The number of methoxy groups -OCH3 is 2. The highest BCUT2D eigenvalue weighted by Gasteiger charge is 2.25. The third-order valence-electron chi connectivity index (χ3n) is 5.42. The van der Waals surface area contributed by atoms with Crippen LogP contribution in [-0.2, 0) is 24.8 Å². The van der Waals surface area contributed by atoms with Crippen LogP contribution >= 0.6 is 0 Å². The van der Waals surface area contributed by atoms with Gasteiger partial charge in [0, 0.05) is 11.8 Å². The molecule has 0 aliphatic heterocycles. The van der Waals surface area contributed by atoms with Gasteiger partial charge < -0.3 is 14.8 Å². The average molecular weight is 548 g/mol. The number of nitrogens with zero attached hydrogens (tertiary/aromatic N) is 1. The molecule has 0 saturated heterocycles. The second kappa shape index (κ2) is 11.1. The molecule has 10 nitrogen and oxygen atoms in total. The molecular formula is C25H29N3O7S2. The summed E-state index contributed by atoms with van der Waals surface area (Å²) in [7, 11) is -4.91. The molecule has 0 aromatic heterocycles. The number of amides is 1. The predicted molar refractivity (Wildman–Crippen MR) is 144 cm³/mol. The first-order valence-electron chi connectivity index (χ1n) is 11.0. The lowest BCUT2D eigenvalue weighted by Gasteiger charge is -2.24. The van der Waals surface area contributed by atoms with E-state index in [2.05, 4.69) is 10.0 Å². The number of aryl methyl sites for hydroxylation is 2. The summed E-state index contributed by atoms with van der Waals surface area (Å²) in [4.78, 5) is 12.8. The van der Waals surface area contributed by atoms with E-state index in [4.69, 9.17) is 9.47 Å². The van der Waals surface area contributed by atoms with Gasteiger partial charge in [-0.15, -0.1) is 0 Å². The SMILES string of the molecule is COc1ccc(OC)c(N(CC(=O)Nc2ccc(S(=O)(=O)Nc3ccc(C)cc3C)cc2)S(C)(=O)=O)c1. The Kier molecular flexibility index (Phi) is 8.34. The number of carbonyl (C=O) groups is 1. The van der Waals surface area contributed by atoms with Gasteiger partial charge in [-0.1, -0.05) is 17.7 Å². The van der Waals surface area contributed by atoms with E-state index in [0.29, 0.717) is 17.1 Å². The van der Waals surface area contributed by atoms with E-state index in [9.17, 15) is 21.6 Å². The molecule has 0 aliphatic carbocycles. The summed E-state index contributed by atoms with van der Waals surface area (Å²) in [6, 6.07) is 15.5. The van der Waals surface area contributed by atoms with Crippen molar-refractivity contribution in [3.63, 3.8) is 0 Å². The summed E-state index contributed by atoms with van der Waals surface area (Å²) < 4.78 is 64.5. The zero-order valence-corrected chi connectivity index (χ0v) is 22.7. The number of benzene rings is 3. The van der Waals surface area contributed by atoms with E-state index in [0.717, 1.165) is 21.7 Å². The fraction of sp³-hybridized carbons (Fsp3) is 0.240. The topological polar surface area (TPSA) is 131 Å². The lowest BCUT2D eigenvalue weighted by Crippen LogP contribution is -2.37. The van der Waals surface area contributed by atoms with E-state index in [-0.39, 0.29) is 16.3 Å². The second-order valence-corrected chi connectivity index (χ2v) is 11.9. The van der Waals surface area contributed by atoms with Gasteiger partial charge in [0.1, 0.15) is 18.0 Å². The van der Waals surface area contributed by atoms with Gasteiger partial charge in [0.25, 0.3) is 10.0 Å². The van der Waals surface area contributed by atoms with Crippen molar-refractivity contribution >= 4 is 43.0 Å². The standard InChI is InChI=1S/C25H29N3O7S2/c1-17-6-12-22(18(2)14-17)27-37(32,33)21-10-7-19(8-11-21)26-25(29)16-28(36(5,30)31)23-15-20(34-3)9-13-24(23)35-4/h6-15,27H,16H2,1-5H3,(H,26,29). The van der Waals surface area contributed by atoms with E-state index in [1.165, 1.54) is 50.6 Å². The minimum absolute atomic E-state index is 0.00403. The van der Waals surface area contributed by atoms with Gasteiger partial charge in [0.2, 0.25) is 15.9 Å². The molecular weight excluding hydrogens is 518 g/mol. The van der Waals surface area contributed by atoms with E-state index in [1.54, 1.807) is 12.1 Å². The Balaban J connectivity index is 1.77. The van der Waals surface area contributed by atoms with Crippen molar-refractivity contribution in [2.75, 3.05) is 41.4 Å². The Morgan fingerprint density at radius 3 is 2.14 bits per heavy atom. The Bertz CT molecular complexity index is 1500. The van der Waals surface area contributed by atoms with Crippen molar-refractivity contribution in [1.29, 1.82) is 0 Å². The van der Waals surface area contributed by atoms with Crippen LogP contribution in [0.3, 0.4) is 0 Å². The first-order chi connectivity index (χ1) is 17.3. The molecule has 0 saturated carbocycles. The number of ether oxygens (including phenoxy) is 2. The molecule has 0 heterocycles. The van der Waals surface area contributed by atoms with E-state index < -0.39 is 32.5 Å². The van der Waals surface area contributed by atoms with Crippen LogP contribution in [0.15, 0.2) is 65.6 Å². The molecule has 0 radical (unpaired) electrons. The summed E-state index contributed by atoms with van der Waals surface area (Å²) >= 11 is 0. The molecule has 12 heteroatoms. The third kappa shape index (κ3) is 6.92. The highest BCUT2D eigenvalue weighted by molar-refractivity contribution is 7.92. The monoisotopic (exact) mass is 547 g/mol. The lowest BCUT2D eigenvalue weighted by molar-refractivity contribution is -0.114. The number of anilines is 3. The number of nitrogens with one attached hydrogen (secondary N) is 2. The summed E-state index contributed by atoms with van der Waals surface area (Å²) in [5.74, 6) is -0.0136. The second-order valence-electron chi connectivity index (χ2n) is 8.30. The highest BCUT2D eigenvalue weighted by Crippen LogP contribution is 2.33. The Morgan fingerprint density at radius 1 is 0.892 bits per heavy atom. The van der Waals surface area contributed by atoms with E-state index >= 15 is 0 Å². The predicted octanol–water partition coefficient (Wildman–Crippen LogP) is 3.53. The van der Waals surface area contributed by atoms with Crippen molar-refractivity contribution in [3.8, 4) is 11.5 Å². The first kappa shape index (κ1) is 27.8. The summed E-state index contributed by atoms with van der Waals surface area (Å²) in [5.41, 5.74) is 2.70. The van der Waals surface area contributed by atoms with Gasteiger partial charge in [0.05, 0.1) is 36.7 Å². The number of carbonyl (C=O) groups excluding carboxylic acids is 1. The lowest BCUT2D eigenvalue weighted by atomic mass is 10.1. The maximum atomic E-state index is 12.8. The van der Waals surface area contributed by atoms with Gasteiger partial charge >= 0.3 is 0 Å². The minimum atomic E-state index is -3.88. The number of hydrogen-bond donors (Lipinski definition) is 2. The normalized spacial score (nSPS) is 11.5. The zero-order chi connectivity index (χ0) is 27.4. The fourth-order valence-electron chi connectivity index (χ4n) is 3.55. The Morgan fingerprint density at radius 2 is 1.57 bits per heavy atom. The number of rotatable bonds is 10. The highest BCUT2D eigenvalue weighted by atomic mass is 32.2. The molecule has 198 valence electrons. The average Bonchev–Trinajstić information content (AvgIpc) is 2.83. The molecule has 0 unspecified atom stereocenters. The molecule has 37 heavy (non-hydrogen) atoms. The number of hydrogen-bond acceptors (Lipinski definition) is 7. The molecule has 2 N–H and O–H groups in total. The van der Waals surface area contributed by atoms with Crippen molar-refractivity contribution in [2.24, 2.45) is 0 Å². The molecule has 1 amide bonds. The Labute approximate surface area is 217 Å². The Hall–Kier alpha value is -3.77. The summed E-state index contributed by atoms with van der Waals surface area (Å²) in [6.45, 7) is 3.18. The van der Waals surface area contributed by atoms with Crippen LogP contribution in [-0.4, -0.2) is 49.8 Å². The van der Waals surface area contributed by atoms with Crippen LogP contribution in [0.1, 0.15) is 11.1 Å². The van der Waals surface area contributed by atoms with Gasteiger partial charge in [-0.05, 0) is 61.9 Å². The van der Waals surface area contributed by atoms with Crippen molar-refractivity contribution in [2.45, 2.75) is 18.7 Å². The van der Waals surface area contributed by atoms with Crippen molar-refractivity contribution in [1.82, 2.24) is 0 Å². The van der Waals surface area contributed by atoms with Crippen LogP contribution < -0.4 is 23.8 Å². The molecule has 0 bridgehead atoms. The van der Waals surface area contributed by atoms with Crippen LogP contribution in [0, 0.1) is 13.8 Å². The van der Waals surface area contributed by atoms with Crippen LogP contribution in [0.2, 0.25) is 0 Å². The first-order valence-corrected chi connectivity index (χ1v) is 14.4. The van der Waals surface area contributed by atoms with Crippen LogP contribution in [0.4, 0.5) is 17.1 Å².